The number of carbonyl (C=O) groups is 2. The lowest BCUT2D eigenvalue weighted by Gasteiger charge is -2.31. The van der Waals surface area contributed by atoms with Crippen LogP contribution in [0.25, 0.3) is 5.76 Å². The van der Waals surface area contributed by atoms with Gasteiger partial charge in [-0.25, -0.2) is 0 Å². The summed E-state index contributed by atoms with van der Waals surface area (Å²) in [5, 5.41) is 11.5. The Kier molecular flexibility index (Phi) is 7.50. The molecule has 1 atom stereocenters. The van der Waals surface area contributed by atoms with E-state index in [1.165, 1.54) is 0 Å². The van der Waals surface area contributed by atoms with Gasteiger partial charge in [0.15, 0.2) is 0 Å². The first-order valence-corrected chi connectivity index (χ1v) is 13.3. The Bertz CT molecular complexity index is 1360. The van der Waals surface area contributed by atoms with Gasteiger partial charge in [0.1, 0.15) is 23.9 Å². The number of hydrogen-bond acceptors (Lipinski definition) is 5. The number of ketones is 1. The third-order valence-corrected chi connectivity index (χ3v) is 7.37. The predicted molar refractivity (Wildman–Crippen MR) is 146 cm³/mol. The molecule has 2 fully saturated rings. The standard InChI is InChI=1S/C32H33NO5/c1-3-37-26-15-9-12-23(19-26)29-28(31(35)32(36)33(29)25-13-7-8-14-25)30(34)24-16-17-27(21(2)18-24)38-20-22-10-5-4-6-11-22/h4-6,9-12,15-19,25,29,34H,3,7-8,13-14,20H2,1-2H3/b30-28+. The van der Waals surface area contributed by atoms with Crippen molar-refractivity contribution in [1.82, 2.24) is 4.90 Å². The van der Waals surface area contributed by atoms with Crippen molar-refractivity contribution in [3.05, 3.63) is 101 Å². The predicted octanol–water partition coefficient (Wildman–Crippen LogP) is 6.34. The molecular formula is C32H33NO5. The second-order valence-electron chi connectivity index (χ2n) is 9.90. The minimum absolute atomic E-state index is 0.0343. The molecule has 38 heavy (non-hydrogen) atoms. The van der Waals surface area contributed by atoms with Crippen LogP contribution in [0.15, 0.2) is 78.4 Å². The minimum Gasteiger partial charge on any atom is -0.507 e. The molecule has 6 heteroatoms. The van der Waals surface area contributed by atoms with Crippen molar-refractivity contribution in [1.29, 1.82) is 0 Å². The molecule has 1 saturated heterocycles. The summed E-state index contributed by atoms with van der Waals surface area (Å²) in [4.78, 5) is 28.5. The van der Waals surface area contributed by atoms with E-state index in [0.717, 1.165) is 42.4 Å². The van der Waals surface area contributed by atoms with Gasteiger partial charge in [0.05, 0.1) is 18.2 Å². The molecule has 3 aromatic rings. The van der Waals surface area contributed by atoms with E-state index < -0.39 is 17.7 Å². The molecular weight excluding hydrogens is 478 g/mol. The number of rotatable bonds is 8. The summed E-state index contributed by atoms with van der Waals surface area (Å²) in [6, 6.07) is 22.0. The maximum atomic E-state index is 13.4. The Morgan fingerprint density at radius 3 is 2.42 bits per heavy atom. The van der Waals surface area contributed by atoms with Gasteiger partial charge in [-0.2, -0.15) is 0 Å². The van der Waals surface area contributed by atoms with Gasteiger partial charge in [-0.15, -0.1) is 0 Å². The van der Waals surface area contributed by atoms with Crippen molar-refractivity contribution < 1.29 is 24.2 Å². The second kappa shape index (κ2) is 11.1. The van der Waals surface area contributed by atoms with Crippen molar-refractivity contribution >= 4 is 17.4 Å². The van der Waals surface area contributed by atoms with Gasteiger partial charge in [0.2, 0.25) is 0 Å². The Labute approximate surface area is 223 Å². The molecule has 196 valence electrons. The zero-order chi connectivity index (χ0) is 26.6. The number of nitrogens with zero attached hydrogens (tertiary/aromatic N) is 1. The van der Waals surface area contributed by atoms with Crippen LogP contribution in [-0.4, -0.2) is 34.3 Å². The van der Waals surface area contributed by atoms with E-state index in [9.17, 15) is 14.7 Å². The molecule has 1 saturated carbocycles. The molecule has 5 rings (SSSR count). The summed E-state index contributed by atoms with van der Waals surface area (Å²) in [6.07, 6.45) is 3.73. The van der Waals surface area contributed by atoms with Crippen molar-refractivity contribution in [3.63, 3.8) is 0 Å². The van der Waals surface area contributed by atoms with Crippen LogP contribution in [0, 0.1) is 6.92 Å². The first-order valence-electron chi connectivity index (χ1n) is 13.3. The molecule has 0 spiro atoms. The average molecular weight is 512 g/mol. The lowest BCUT2D eigenvalue weighted by Crippen LogP contribution is -2.37. The molecule has 0 bridgehead atoms. The number of likely N-dealkylation sites (tertiary alicyclic amines) is 1. The molecule has 1 aliphatic heterocycles. The van der Waals surface area contributed by atoms with Crippen molar-refractivity contribution in [2.45, 2.75) is 58.2 Å². The number of aliphatic hydroxyl groups is 1. The molecule has 3 aromatic carbocycles. The average Bonchev–Trinajstić information content (AvgIpc) is 3.55. The fraction of sp³-hybridized carbons (Fsp3) is 0.312. The maximum Gasteiger partial charge on any atom is 0.295 e. The number of ether oxygens (including phenoxy) is 2. The molecule has 0 radical (unpaired) electrons. The van der Waals surface area contributed by atoms with E-state index in [1.54, 1.807) is 23.1 Å². The highest BCUT2D eigenvalue weighted by molar-refractivity contribution is 6.46. The third-order valence-electron chi connectivity index (χ3n) is 7.37. The molecule has 1 heterocycles. The zero-order valence-corrected chi connectivity index (χ0v) is 21.9. The maximum absolute atomic E-state index is 13.4. The summed E-state index contributed by atoms with van der Waals surface area (Å²) < 4.78 is 11.7. The monoisotopic (exact) mass is 511 g/mol. The van der Waals surface area contributed by atoms with Crippen LogP contribution in [0.3, 0.4) is 0 Å². The summed E-state index contributed by atoms with van der Waals surface area (Å²) in [5.41, 5.74) is 3.23. The topological polar surface area (TPSA) is 76.1 Å². The summed E-state index contributed by atoms with van der Waals surface area (Å²) in [7, 11) is 0. The largest absolute Gasteiger partial charge is 0.507 e. The van der Waals surface area contributed by atoms with E-state index in [1.807, 2.05) is 68.4 Å². The van der Waals surface area contributed by atoms with Crippen LogP contribution in [-0.2, 0) is 16.2 Å². The fourth-order valence-corrected chi connectivity index (χ4v) is 5.53. The number of Topliss-reactive ketones (excluding diaryl/α,β-unsaturated/α-hetero) is 1. The Morgan fingerprint density at radius 1 is 0.947 bits per heavy atom. The number of benzene rings is 3. The summed E-state index contributed by atoms with van der Waals surface area (Å²) in [6.45, 7) is 4.74. The molecule has 1 N–H and O–H groups in total. The van der Waals surface area contributed by atoms with Crippen LogP contribution < -0.4 is 9.47 Å². The van der Waals surface area contributed by atoms with Crippen molar-refractivity contribution in [2.75, 3.05) is 6.61 Å². The highest BCUT2D eigenvalue weighted by Gasteiger charge is 2.49. The highest BCUT2D eigenvalue weighted by atomic mass is 16.5. The number of aliphatic hydroxyl groups excluding tert-OH is 1. The molecule has 6 nitrogen and oxygen atoms in total. The normalized spacial score (nSPS) is 19.2. The SMILES string of the molecule is CCOc1cccc(C2/C(=C(\O)c3ccc(OCc4ccccc4)c(C)c3)C(=O)C(=O)N2C2CCCC2)c1. The summed E-state index contributed by atoms with van der Waals surface area (Å²) >= 11 is 0. The van der Waals surface area contributed by atoms with Gasteiger partial charge in [-0.3, -0.25) is 9.59 Å². The van der Waals surface area contributed by atoms with Crippen LogP contribution in [0.1, 0.15) is 60.9 Å². The van der Waals surface area contributed by atoms with E-state index in [0.29, 0.717) is 30.3 Å². The van der Waals surface area contributed by atoms with Gasteiger partial charge in [0.25, 0.3) is 11.7 Å². The Morgan fingerprint density at radius 2 is 1.71 bits per heavy atom. The molecule has 0 aromatic heterocycles. The molecule has 1 aliphatic carbocycles. The number of aryl methyl sites for hydroxylation is 1. The Balaban J connectivity index is 1.52. The second-order valence-corrected chi connectivity index (χ2v) is 9.90. The highest BCUT2D eigenvalue weighted by Crippen LogP contribution is 2.44. The first kappa shape index (κ1) is 25.6. The number of amides is 1. The Hall–Kier alpha value is -4.06. The summed E-state index contributed by atoms with van der Waals surface area (Å²) in [5.74, 6) is -0.0167. The first-order chi connectivity index (χ1) is 18.5. The molecule has 1 amide bonds. The fourth-order valence-electron chi connectivity index (χ4n) is 5.53. The number of carbonyl (C=O) groups excluding carboxylic acids is 2. The quantitative estimate of drug-likeness (QED) is 0.217. The third kappa shape index (κ3) is 5.03. The van der Waals surface area contributed by atoms with E-state index in [-0.39, 0.29) is 17.4 Å². The van der Waals surface area contributed by atoms with Crippen molar-refractivity contribution in [3.8, 4) is 11.5 Å². The lowest BCUT2D eigenvalue weighted by molar-refractivity contribution is -0.141. The van der Waals surface area contributed by atoms with Crippen LogP contribution in [0.4, 0.5) is 0 Å². The van der Waals surface area contributed by atoms with Gasteiger partial charge in [0, 0.05) is 11.6 Å². The smallest absolute Gasteiger partial charge is 0.295 e. The van der Waals surface area contributed by atoms with Gasteiger partial charge in [-0.1, -0.05) is 55.3 Å². The van der Waals surface area contributed by atoms with E-state index >= 15 is 0 Å². The van der Waals surface area contributed by atoms with Crippen LogP contribution in [0.5, 0.6) is 11.5 Å². The van der Waals surface area contributed by atoms with Gasteiger partial charge in [-0.05, 0) is 73.7 Å². The zero-order valence-electron chi connectivity index (χ0n) is 21.9. The molecule has 1 unspecified atom stereocenters. The van der Waals surface area contributed by atoms with Crippen LogP contribution >= 0.6 is 0 Å². The van der Waals surface area contributed by atoms with Crippen molar-refractivity contribution in [2.24, 2.45) is 0 Å². The van der Waals surface area contributed by atoms with Gasteiger partial charge < -0.3 is 19.5 Å². The van der Waals surface area contributed by atoms with Gasteiger partial charge >= 0.3 is 0 Å². The minimum atomic E-state index is -0.673. The molecule has 2 aliphatic rings. The van der Waals surface area contributed by atoms with E-state index in [4.69, 9.17) is 9.47 Å². The lowest BCUT2D eigenvalue weighted by atomic mass is 9.94. The van der Waals surface area contributed by atoms with Crippen LogP contribution in [0.2, 0.25) is 0 Å². The number of hydrogen-bond donors (Lipinski definition) is 1. The van der Waals surface area contributed by atoms with E-state index in [2.05, 4.69) is 0 Å².